The number of nitrogens with one attached hydrogen (secondary N) is 1. The number of likely N-dealkylation sites (N-methyl/N-ethyl adjacent to an activating group) is 1. The van der Waals surface area contributed by atoms with Crippen LogP contribution in [-0.2, 0) is 17.8 Å². The smallest absolute Gasteiger partial charge is 0.227 e. The predicted octanol–water partition coefficient (Wildman–Crippen LogP) is 3.53. The highest BCUT2D eigenvalue weighted by atomic mass is 16.1. The van der Waals surface area contributed by atoms with Gasteiger partial charge in [0.25, 0.3) is 0 Å². The van der Waals surface area contributed by atoms with Gasteiger partial charge < -0.3 is 15.2 Å². The van der Waals surface area contributed by atoms with Crippen molar-refractivity contribution < 1.29 is 4.79 Å². The Morgan fingerprint density at radius 2 is 1.82 bits per heavy atom. The van der Waals surface area contributed by atoms with Gasteiger partial charge in [0.05, 0.1) is 11.0 Å². The molecule has 0 bridgehead atoms. The number of nitrogen functional groups attached to an aromatic ring is 1. The van der Waals surface area contributed by atoms with E-state index in [9.17, 15) is 4.79 Å². The summed E-state index contributed by atoms with van der Waals surface area (Å²) in [6.45, 7) is 8.02. The van der Waals surface area contributed by atoms with Crippen LogP contribution < -0.4 is 11.1 Å². The Morgan fingerprint density at radius 1 is 1.11 bits per heavy atom. The molecule has 2 aromatic carbocycles. The maximum Gasteiger partial charge on any atom is 0.227 e. The number of carbonyl (C=O) groups excluding carboxylic acids is 1. The highest BCUT2D eigenvalue weighted by molar-refractivity contribution is 5.91. The molecule has 0 aliphatic rings. The van der Waals surface area contributed by atoms with Crippen molar-refractivity contribution in [2.24, 2.45) is 0 Å². The first-order valence-electron chi connectivity index (χ1n) is 9.93. The van der Waals surface area contributed by atoms with Crippen molar-refractivity contribution in [3.8, 4) is 0 Å². The fourth-order valence-electron chi connectivity index (χ4n) is 3.38. The highest BCUT2D eigenvalue weighted by Gasteiger charge is 2.14. The summed E-state index contributed by atoms with van der Waals surface area (Å²) in [7, 11) is 0. The number of carbonyl (C=O) groups is 1. The summed E-state index contributed by atoms with van der Waals surface area (Å²) >= 11 is 0. The molecular formula is C22H29N5O. The van der Waals surface area contributed by atoms with E-state index >= 15 is 0 Å². The molecule has 0 aliphatic carbocycles. The summed E-state index contributed by atoms with van der Waals surface area (Å²) in [6.07, 6.45) is 0.978. The lowest BCUT2D eigenvalue weighted by Crippen LogP contribution is -2.27. The third kappa shape index (κ3) is 4.70. The molecule has 148 valence electrons. The zero-order chi connectivity index (χ0) is 19.9. The van der Waals surface area contributed by atoms with Gasteiger partial charge in [-0.25, -0.2) is 4.98 Å². The average Bonchev–Trinajstić information content (AvgIpc) is 3.05. The number of hydrogen-bond acceptors (Lipinski definition) is 4. The minimum absolute atomic E-state index is 0.0531. The number of nitrogens with zero attached hydrogens (tertiary/aromatic N) is 3. The predicted molar refractivity (Wildman–Crippen MR) is 115 cm³/mol. The van der Waals surface area contributed by atoms with Crippen molar-refractivity contribution in [3.05, 3.63) is 54.1 Å². The number of rotatable bonds is 9. The normalized spacial score (nSPS) is 11.2. The van der Waals surface area contributed by atoms with E-state index in [4.69, 9.17) is 5.73 Å². The number of anilines is 2. The lowest BCUT2D eigenvalue weighted by atomic mass is 10.1. The third-order valence-electron chi connectivity index (χ3n) is 5.12. The summed E-state index contributed by atoms with van der Waals surface area (Å²) in [4.78, 5) is 19.6. The zero-order valence-electron chi connectivity index (χ0n) is 16.7. The third-order valence-corrected chi connectivity index (χ3v) is 5.12. The largest absolute Gasteiger partial charge is 0.399 e. The van der Waals surface area contributed by atoms with Crippen LogP contribution in [0.5, 0.6) is 0 Å². The van der Waals surface area contributed by atoms with Crippen LogP contribution in [0.25, 0.3) is 11.0 Å². The first-order chi connectivity index (χ1) is 13.6. The minimum Gasteiger partial charge on any atom is -0.399 e. The summed E-state index contributed by atoms with van der Waals surface area (Å²) < 4.78 is 2.10. The Morgan fingerprint density at radius 3 is 2.57 bits per heavy atom. The van der Waals surface area contributed by atoms with Crippen LogP contribution >= 0.6 is 0 Å². The van der Waals surface area contributed by atoms with E-state index in [1.54, 1.807) is 0 Å². The molecule has 3 rings (SSSR count). The molecule has 0 fully saturated rings. The maximum absolute atomic E-state index is 12.6. The number of para-hydroxylation sites is 3. The van der Waals surface area contributed by atoms with Crippen LogP contribution in [0, 0.1) is 0 Å². The maximum atomic E-state index is 12.6. The SMILES string of the molecule is CCN(CC)CCn1c(NC(=O)CCc2ccccc2N)nc2ccccc21. The van der Waals surface area contributed by atoms with Crippen molar-refractivity contribution >= 4 is 28.6 Å². The number of hydrogen-bond donors (Lipinski definition) is 2. The van der Waals surface area contributed by atoms with E-state index in [0.717, 1.165) is 48.5 Å². The number of aromatic nitrogens is 2. The molecule has 3 N–H and O–H groups in total. The van der Waals surface area contributed by atoms with Crippen molar-refractivity contribution in [2.75, 3.05) is 30.7 Å². The Hall–Kier alpha value is -2.86. The van der Waals surface area contributed by atoms with Gasteiger partial charge in [-0.3, -0.25) is 10.1 Å². The first kappa shape index (κ1) is 19.9. The second kappa shape index (κ2) is 9.37. The number of benzene rings is 2. The van der Waals surface area contributed by atoms with Crippen LogP contribution in [0.15, 0.2) is 48.5 Å². The van der Waals surface area contributed by atoms with Crippen LogP contribution in [0.3, 0.4) is 0 Å². The number of imidazole rings is 1. The molecule has 28 heavy (non-hydrogen) atoms. The highest BCUT2D eigenvalue weighted by Crippen LogP contribution is 2.20. The minimum atomic E-state index is -0.0531. The van der Waals surface area contributed by atoms with Crippen molar-refractivity contribution in [1.82, 2.24) is 14.5 Å². The number of amides is 1. The second-order valence-corrected chi connectivity index (χ2v) is 6.85. The van der Waals surface area contributed by atoms with E-state index in [0.29, 0.717) is 18.8 Å². The second-order valence-electron chi connectivity index (χ2n) is 6.85. The molecule has 0 saturated heterocycles. The fraction of sp³-hybridized carbons (Fsp3) is 0.364. The van der Waals surface area contributed by atoms with Crippen molar-refractivity contribution in [3.63, 3.8) is 0 Å². The van der Waals surface area contributed by atoms with E-state index in [1.807, 2.05) is 48.5 Å². The summed E-state index contributed by atoms with van der Waals surface area (Å²) in [6, 6.07) is 15.7. The van der Waals surface area contributed by atoms with Crippen LogP contribution in [0.2, 0.25) is 0 Å². The van der Waals surface area contributed by atoms with Crippen LogP contribution in [0.4, 0.5) is 11.6 Å². The zero-order valence-corrected chi connectivity index (χ0v) is 16.7. The van der Waals surface area contributed by atoms with E-state index in [-0.39, 0.29) is 5.91 Å². The average molecular weight is 380 g/mol. The fourth-order valence-corrected chi connectivity index (χ4v) is 3.38. The molecule has 0 saturated carbocycles. The summed E-state index contributed by atoms with van der Waals surface area (Å²) in [5.41, 5.74) is 9.63. The van der Waals surface area contributed by atoms with Gasteiger partial charge in [0.2, 0.25) is 11.9 Å². The topological polar surface area (TPSA) is 76.2 Å². The van der Waals surface area contributed by atoms with Gasteiger partial charge in [-0.2, -0.15) is 0 Å². The quantitative estimate of drug-likeness (QED) is 0.558. The molecule has 1 aromatic heterocycles. The molecule has 0 radical (unpaired) electrons. The Balaban J connectivity index is 1.73. The summed E-state index contributed by atoms with van der Waals surface area (Å²) in [5, 5.41) is 3.00. The Bertz CT molecular complexity index is 930. The van der Waals surface area contributed by atoms with E-state index in [1.165, 1.54) is 0 Å². The standard InChI is InChI=1S/C22H29N5O/c1-3-26(4-2)15-16-27-20-12-8-7-11-19(20)24-22(27)25-21(28)14-13-17-9-5-6-10-18(17)23/h5-12H,3-4,13-16,23H2,1-2H3,(H,24,25,28). The van der Waals surface area contributed by atoms with Gasteiger partial charge in [0.1, 0.15) is 0 Å². The molecule has 0 atom stereocenters. The van der Waals surface area contributed by atoms with Gasteiger partial charge in [-0.15, -0.1) is 0 Å². The van der Waals surface area contributed by atoms with E-state index < -0.39 is 0 Å². The van der Waals surface area contributed by atoms with Gasteiger partial charge in [0.15, 0.2) is 0 Å². The van der Waals surface area contributed by atoms with Crippen LogP contribution in [-0.4, -0.2) is 40.0 Å². The molecule has 0 unspecified atom stereocenters. The van der Waals surface area contributed by atoms with Crippen molar-refractivity contribution in [2.45, 2.75) is 33.2 Å². The molecule has 6 nitrogen and oxygen atoms in total. The lowest BCUT2D eigenvalue weighted by Gasteiger charge is -2.19. The molecular weight excluding hydrogens is 350 g/mol. The molecule has 6 heteroatoms. The number of fused-ring (bicyclic) bond motifs is 1. The molecule has 1 amide bonds. The van der Waals surface area contributed by atoms with Crippen LogP contribution in [0.1, 0.15) is 25.8 Å². The molecule has 3 aromatic rings. The van der Waals surface area contributed by atoms with E-state index in [2.05, 4.69) is 33.6 Å². The number of aryl methyl sites for hydroxylation is 1. The first-order valence-corrected chi connectivity index (χ1v) is 9.93. The Labute approximate surface area is 166 Å². The summed E-state index contributed by atoms with van der Waals surface area (Å²) in [5.74, 6) is 0.557. The number of nitrogens with two attached hydrogens (primary N) is 1. The lowest BCUT2D eigenvalue weighted by molar-refractivity contribution is -0.116. The molecule has 0 aliphatic heterocycles. The molecule has 0 spiro atoms. The molecule has 1 heterocycles. The Kier molecular flexibility index (Phi) is 6.66. The van der Waals surface area contributed by atoms with Gasteiger partial charge in [0, 0.05) is 25.2 Å². The van der Waals surface area contributed by atoms with Gasteiger partial charge >= 0.3 is 0 Å². The van der Waals surface area contributed by atoms with Gasteiger partial charge in [-0.1, -0.05) is 44.2 Å². The van der Waals surface area contributed by atoms with Gasteiger partial charge in [-0.05, 0) is 43.3 Å². The monoisotopic (exact) mass is 379 g/mol. The van der Waals surface area contributed by atoms with Crippen molar-refractivity contribution in [1.29, 1.82) is 0 Å².